The van der Waals surface area contributed by atoms with E-state index >= 15 is 0 Å². The highest BCUT2D eigenvalue weighted by atomic mass is 35.5. The number of carbonyl (C=O) groups is 1. The monoisotopic (exact) mass is 436 g/mol. The molecule has 0 radical (unpaired) electrons. The summed E-state index contributed by atoms with van der Waals surface area (Å²) in [5, 5.41) is 10.8. The summed E-state index contributed by atoms with van der Waals surface area (Å²) >= 11 is 5.80. The van der Waals surface area contributed by atoms with E-state index in [4.69, 9.17) is 16.3 Å². The van der Waals surface area contributed by atoms with Gasteiger partial charge in [-0.25, -0.2) is 4.21 Å². The highest BCUT2D eigenvalue weighted by molar-refractivity contribution is 7.92. The normalized spacial score (nSPS) is 11.8. The first-order valence-corrected chi connectivity index (χ1v) is 10.0. The third-order valence-corrected chi connectivity index (χ3v) is 4.09. The molecule has 0 saturated heterocycles. The molecule has 0 fully saturated rings. The molecule has 12 heteroatoms. The van der Waals surface area contributed by atoms with Gasteiger partial charge in [-0.1, -0.05) is 11.6 Å². The Balaban J connectivity index is 2.46. The maximum absolute atomic E-state index is 12.7. The van der Waals surface area contributed by atoms with E-state index in [2.05, 4.69) is 4.36 Å². The zero-order chi connectivity index (χ0) is 21.3. The molecule has 7 nitrogen and oxygen atoms in total. The molecule has 1 amide bonds. The van der Waals surface area contributed by atoms with E-state index in [-0.39, 0.29) is 16.5 Å². The van der Waals surface area contributed by atoms with E-state index in [9.17, 15) is 32.3 Å². The predicted octanol–water partition coefficient (Wildman–Crippen LogP) is 4.93. The number of rotatable bonds is 4. The number of nitro groups is 1. The number of halogens is 4. The summed E-state index contributed by atoms with van der Waals surface area (Å²) in [6.45, 7) is 0. The van der Waals surface area contributed by atoms with Crippen molar-refractivity contribution >= 4 is 32.9 Å². The minimum Gasteiger partial charge on any atom is -0.456 e. The van der Waals surface area contributed by atoms with Gasteiger partial charge in [-0.3, -0.25) is 14.9 Å². The Labute approximate surface area is 162 Å². The van der Waals surface area contributed by atoms with Gasteiger partial charge in [0.05, 0.1) is 15.5 Å². The summed E-state index contributed by atoms with van der Waals surface area (Å²) in [6.07, 6.45) is -2.23. The van der Waals surface area contributed by atoms with Crippen molar-refractivity contribution in [3.63, 3.8) is 0 Å². The number of ether oxygens (including phenoxy) is 1. The average Bonchev–Trinajstić information content (AvgIpc) is 2.54. The van der Waals surface area contributed by atoms with E-state index in [1.165, 1.54) is 12.5 Å². The molecule has 150 valence electrons. The number of carbonyl (C=O) groups excluding carboxylic acids is 1. The minimum absolute atomic E-state index is 0.107. The lowest BCUT2D eigenvalue weighted by Crippen LogP contribution is -2.05. The van der Waals surface area contributed by atoms with Crippen LogP contribution in [0.3, 0.4) is 0 Å². The van der Waals surface area contributed by atoms with Gasteiger partial charge in [-0.05, 0) is 24.3 Å². The van der Waals surface area contributed by atoms with Crippen LogP contribution in [0.2, 0.25) is 5.02 Å². The fourth-order valence-electron chi connectivity index (χ4n) is 2.04. The van der Waals surface area contributed by atoms with Crippen LogP contribution in [-0.4, -0.2) is 27.6 Å². The van der Waals surface area contributed by atoms with Crippen molar-refractivity contribution in [2.75, 3.05) is 12.5 Å². The van der Waals surface area contributed by atoms with Gasteiger partial charge in [0, 0.05) is 34.4 Å². The molecule has 0 heterocycles. The Bertz CT molecular complexity index is 1070. The molecule has 0 aliphatic rings. The zero-order valence-corrected chi connectivity index (χ0v) is 15.9. The molecule has 0 bridgehead atoms. The molecule has 0 spiro atoms. The summed E-state index contributed by atoms with van der Waals surface area (Å²) in [5.41, 5.74) is -2.06. The van der Waals surface area contributed by atoms with Gasteiger partial charge >= 0.3 is 6.18 Å². The quantitative estimate of drug-likeness (QED) is 0.500. The standard InChI is InChI=1S/C16H12ClF3N2O5S/c1-28(2,26)21-15(23)11-8-10(4-5-13(11)22(24)25)27-14-6-3-9(7-12(14)17)16(18,19)20/h3-8H,1-2H3. The van der Waals surface area contributed by atoms with E-state index in [0.29, 0.717) is 6.07 Å². The number of amides is 1. The molecule has 2 aromatic carbocycles. The number of nitro benzene ring substituents is 1. The average molecular weight is 437 g/mol. The van der Waals surface area contributed by atoms with Crippen LogP contribution >= 0.6 is 11.6 Å². The minimum atomic E-state index is -4.59. The first kappa shape index (κ1) is 21.6. The Morgan fingerprint density at radius 1 is 1.21 bits per heavy atom. The number of nitrogens with zero attached hydrogens (tertiary/aromatic N) is 2. The second-order valence-electron chi connectivity index (χ2n) is 5.76. The highest BCUT2D eigenvalue weighted by Crippen LogP contribution is 2.37. The van der Waals surface area contributed by atoms with Gasteiger partial charge in [0.2, 0.25) is 0 Å². The Morgan fingerprint density at radius 2 is 1.86 bits per heavy atom. The molecule has 0 aliphatic heterocycles. The van der Waals surface area contributed by atoms with Crippen LogP contribution in [0.1, 0.15) is 15.9 Å². The van der Waals surface area contributed by atoms with Gasteiger partial charge in [0.15, 0.2) is 0 Å². The number of hydrogen-bond donors (Lipinski definition) is 0. The summed E-state index contributed by atoms with van der Waals surface area (Å²) < 4.78 is 58.5. The maximum atomic E-state index is 12.7. The van der Waals surface area contributed by atoms with Crippen molar-refractivity contribution in [1.82, 2.24) is 0 Å². The van der Waals surface area contributed by atoms with E-state index < -0.39 is 43.6 Å². The van der Waals surface area contributed by atoms with Gasteiger partial charge in [-0.15, -0.1) is 0 Å². The largest absolute Gasteiger partial charge is 0.456 e. The summed E-state index contributed by atoms with van der Waals surface area (Å²) in [5.74, 6) is -1.36. The van der Waals surface area contributed by atoms with Crippen LogP contribution in [0.4, 0.5) is 18.9 Å². The Morgan fingerprint density at radius 3 is 2.36 bits per heavy atom. The summed E-state index contributed by atoms with van der Waals surface area (Å²) in [7, 11) is -2.88. The van der Waals surface area contributed by atoms with Gasteiger partial charge in [0.1, 0.15) is 17.1 Å². The van der Waals surface area contributed by atoms with Crippen molar-refractivity contribution in [3.05, 3.63) is 62.7 Å². The zero-order valence-electron chi connectivity index (χ0n) is 14.3. The second-order valence-corrected chi connectivity index (χ2v) is 8.71. The third-order valence-electron chi connectivity index (χ3n) is 3.18. The van der Waals surface area contributed by atoms with Crippen LogP contribution in [0.15, 0.2) is 40.8 Å². The molecular formula is C16H12ClF3N2O5S. The lowest BCUT2D eigenvalue weighted by molar-refractivity contribution is -0.385. The topological polar surface area (TPSA) is 98.9 Å². The van der Waals surface area contributed by atoms with Gasteiger partial charge in [-0.2, -0.15) is 17.5 Å². The fraction of sp³-hybridized carbons (Fsp3) is 0.188. The SMILES string of the molecule is CS(C)(=O)=NC(=O)c1cc(Oc2ccc(C(F)(F)F)cc2Cl)ccc1[N+](=O)[O-]. The second kappa shape index (κ2) is 7.76. The van der Waals surface area contributed by atoms with Crippen molar-refractivity contribution in [1.29, 1.82) is 0 Å². The van der Waals surface area contributed by atoms with Crippen LogP contribution in [0.5, 0.6) is 11.5 Å². The van der Waals surface area contributed by atoms with Crippen molar-refractivity contribution in [2.24, 2.45) is 4.36 Å². The molecule has 0 atom stereocenters. The number of hydrogen-bond acceptors (Lipinski definition) is 5. The third kappa shape index (κ3) is 5.42. The molecule has 28 heavy (non-hydrogen) atoms. The maximum Gasteiger partial charge on any atom is 0.416 e. The smallest absolute Gasteiger partial charge is 0.416 e. The molecule has 0 aliphatic carbocycles. The lowest BCUT2D eigenvalue weighted by Gasteiger charge is -2.11. The molecule has 0 N–H and O–H groups in total. The lowest BCUT2D eigenvalue weighted by atomic mass is 10.1. The Hall–Kier alpha value is -2.66. The van der Waals surface area contributed by atoms with Gasteiger partial charge < -0.3 is 4.74 Å². The Kier molecular flexibility index (Phi) is 6.00. The molecule has 2 aromatic rings. The van der Waals surface area contributed by atoms with Crippen molar-refractivity contribution < 1.29 is 31.8 Å². The summed E-state index contributed by atoms with van der Waals surface area (Å²) in [6, 6.07) is 5.46. The number of alkyl halides is 3. The predicted molar refractivity (Wildman–Crippen MR) is 96.4 cm³/mol. The molecule has 2 rings (SSSR count). The molecule has 0 aromatic heterocycles. The first-order valence-electron chi connectivity index (χ1n) is 7.32. The molecular weight excluding hydrogens is 425 g/mol. The van der Waals surface area contributed by atoms with E-state index in [1.807, 2.05) is 0 Å². The fourth-order valence-corrected chi connectivity index (χ4v) is 2.76. The van der Waals surface area contributed by atoms with Gasteiger partial charge in [0.25, 0.3) is 11.6 Å². The molecule has 0 saturated carbocycles. The van der Waals surface area contributed by atoms with E-state index in [0.717, 1.165) is 30.3 Å². The van der Waals surface area contributed by atoms with Crippen LogP contribution in [0.25, 0.3) is 0 Å². The van der Waals surface area contributed by atoms with Crippen molar-refractivity contribution in [3.8, 4) is 11.5 Å². The van der Waals surface area contributed by atoms with E-state index in [1.54, 1.807) is 0 Å². The number of benzene rings is 2. The summed E-state index contributed by atoms with van der Waals surface area (Å²) in [4.78, 5) is 22.4. The molecule has 0 unspecified atom stereocenters. The first-order chi connectivity index (χ1) is 12.8. The van der Waals surface area contributed by atoms with Crippen LogP contribution in [0, 0.1) is 10.1 Å². The highest BCUT2D eigenvalue weighted by Gasteiger charge is 2.31. The van der Waals surface area contributed by atoms with Crippen LogP contribution < -0.4 is 4.74 Å². The van der Waals surface area contributed by atoms with Crippen molar-refractivity contribution in [2.45, 2.75) is 6.18 Å². The van der Waals surface area contributed by atoms with Crippen LogP contribution in [-0.2, 0) is 15.9 Å².